The van der Waals surface area contributed by atoms with Crippen molar-refractivity contribution in [3.05, 3.63) is 41.5 Å². The van der Waals surface area contributed by atoms with Crippen LogP contribution in [0.5, 0.6) is 0 Å². The molecular formula is C14H14F2N4. The molecule has 0 amide bonds. The van der Waals surface area contributed by atoms with Crippen LogP contribution in [0.2, 0.25) is 0 Å². The van der Waals surface area contributed by atoms with Gasteiger partial charge in [0.15, 0.2) is 0 Å². The van der Waals surface area contributed by atoms with E-state index in [-0.39, 0.29) is 0 Å². The minimum atomic E-state index is -2.63. The Bertz CT molecular complexity index is 786. The van der Waals surface area contributed by atoms with Crippen LogP contribution in [0.1, 0.15) is 23.5 Å². The molecule has 20 heavy (non-hydrogen) atoms. The maximum Gasteiger partial charge on any atom is 0.333 e. The zero-order chi connectivity index (χ0) is 14.4. The fourth-order valence-corrected chi connectivity index (χ4v) is 2.52. The number of aryl methyl sites for hydroxylation is 2. The number of nitrogens with zero attached hydrogens (tertiary/aromatic N) is 4. The van der Waals surface area contributed by atoms with E-state index in [0.29, 0.717) is 11.4 Å². The van der Waals surface area contributed by atoms with Gasteiger partial charge in [0.1, 0.15) is 0 Å². The molecule has 0 saturated carbocycles. The Hall–Kier alpha value is -2.24. The first-order valence-corrected chi connectivity index (χ1v) is 6.27. The molecule has 0 N–H and O–H groups in total. The van der Waals surface area contributed by atoms with Crippen LogP contribution >= 0.6 is 0 Å². The molecule has 3 heterocycles. The number of rotatable bonds is 2. The zero-order valence-electron chi connectivity index (χ0n) is 11.4. The molecule has 0 aliphatic heterocycles. The minimum absolute atomic E-state index is 0.453. The van der Waals surface area contributed by atoms with E-state index in [2.05, 4.69) is 10.2 Å². The molecule has 6 heteroatoms. The molecule has 0 fully saturated rings. The number of hydrogen-bond acceptors (Lipinski definition) is 2. The van der Waals surface area contributed by atoms with Crippen LogP contribution < -0.4 is 0 Å². The summed E-state index contributed by atoms with van der Waals surface area (Å²) in [5, 5.41) is 8.19. The van der Waals surface area contributed by atoms with E-state index < -0.39 is 6.55 Å². The van der Waals surface area contributed by atoms with Crippen molar-refractivity contribution in [3.63, 3.8) is 0 Å². The first kappa shape index (κ1) is 12.8. The maximum absolute atomic E-state index is 12.9. The monoisotopic (exact) mass is 276 g/mol. The lowest BCUT2D eigenvalue weighted by Crippen LogP contribution is -2.02. The number of alkyl halides is 2. The van der Waals surface area contributed by atoms with Crippen molar-refractivity contribution < 1.29 is 8.78 Å². The third-order valence-electron chi connectivity index (χ3n) is 3.46. The average molecular weight is 276 g/mol. The van der Waals surface area contributed by atoms with Crippen molar-refractivity contribution >= 4 is 5.52 Å². The van der Waals surface area contributed by atoms with Gasteiger partial charge in [0.05, 0.1) is 17.4 Å². The third-order valence-corrected chi connectivity index (χ3v) is 3.46. The van der Waals surface area contributed by atoms with Gasteiger partial charge < -0.3 is 0 Å². The molecular weight excluding hydrogens is 262 g/mol. The molecule has 0 aliphatic rings. The zero-order valence-corrected chi connectivity index (χ0v) is 11.4. The third kappa shape index (κ3) is 1.79. The van der Waals surface area contributed by atoms with E-state index in [9.17, 15) is 8.78 Å². The van der Waals surface area contributed by atoms with Crippen LogP contribution in [0.3, 0.4) is 0 Å². The van der Waals surface area contributed by atoms with Gasteiger partial charge in [-0.1, -0.05) is 0 Å². The van der Waals surface area contributed by atoms with Gasteiger partial charge in [-0.05, 0) is 38.5 Å². The maximum atomic E-state index is 12.9. The van der Waals surface area contributed by atoms with Gasteiger partial charge >= 0.3 is 6.55 Å². The summed E-state index contributed by atoms with van der Waals surface area (Å²) in [5.41, 5.74) is 4.58. The van der Waals surface area contributed by atoms with Crippen molar-refractivity contribution in [2.75, 3.05) is 0 Å². The lowest BCUT2D eigenvalue weighted by Gasteiger charge is -2.03. The van der Waals surface area contributed by atoms with Crippen molar-refractivity contribution in [1.82, 2.24) is 19.4 Å². The number of halogens is 2. The van der Waals surface area contributed by atoms with E-state index in [1.165, 1.54) is 0 Å². The number of hydrogen-bond donors (Lipinski definition) is 0. The second-order valence-electron chi connectivity index (χ2n) is 4.86. The molecule has 3 aromatic rings. The molecule has 0 atom stereocenters. The van der Waals surface area contributed by atoms with Gasteiger partial charge in [0.25, 0.3) is 0 Å². The summed E-state index contributed by atoms with van der Waals surface area (Å²) < 4.78 is 28.3. The van der Waals surface area contributed by atoms with Crippen LogP contribution in [-0.2, 0) is 0 Å². The largest absolute Gasteiger partial charge is 0.333 e. The van der Waals surface area contributed by atoms with Crippen LogP contribution in [0.4, 0.5) is 8.78 Å². The number of aromatic nitrogens is 4. The molecule has 104 valence electrons. The topological polar surface area (TPSA) is 35.1 Å². The summed E-state index contributed by atoms with van der Waals surface area (Å²) in [7, 11) is 0. The van der Waals surface area contributed by atoms with Crippen molar-refractivity contribution in [2.24, 2.45) is 0 Å². The summed E-state index contributed by atoms with van der Waals surface area (Å²) in [5.74, 6) is 0. The Morgan fingerprint density at radius 3 is 2.60 bits per heavy atom. The van der Waals surface area contributed by atoms with Crippen molar-refractivity contribution in [3.8, 4) is 11.1 Å². The highest BCUT2D eigenvalue weighted by Gasteiger charge is 2.20. The van der Waals surface area contributed by atoms with Crippen LogP contribution in [0.25, 0.3) is 16.6 Å². The second kappa shape index (κ2) is 4.40. The standard InChI is InChI=1S/C14H14F2N4/c1-8-4-5-19-12(6-8)11(7-17-19)13-9(2)18-20(10(13)3)14(15)16/h4-7,14H,1-3H3. The molecule has 0 saturated heterocycles. The molecule has 4 nitrogen and oxygen atoms in total. The lowest BCUT2D eigenvalue weighted by molar-refractivity contribution is 0.0542. The molecule has 0 aliphatic carbocycles. The normalized spacial score (nSPS) is 11.7. The van der Waals surface area contributed by atoms with E-state index in [1.54, 1.807) is 24.6 Å². The van der Waals surface area contributed by atoms with Crippen LogP contribution in [0.15, 0.2) is 24.5 Å². The van der Waals surface area contributed by atoms with Gasteiger partial charge in [-0.25, -0.2) is 9.20 Å². The van der Waals surface area contributed by atoms with E-state index in [4.69, 9.17) is 0 Å². The first-order chi connectivity index (χ1) is 9.49. The Labute approximate surface area is 114 Å². The number of fused-ring (bicyclic) bond motifs is 1. The molecule has 3 aromatic heterocycles. The predicted molar refractivity (Wildman–Crippen MR) is 71.9 cm³/mol. The fraction of sp³-hybridized carbons (Fsp3) is 0.286. The first-order valence-electron chi connectivity index (χ1n) is 6.27. The summed E-state index contributed by atoms with van der Waals surface area (Å²) in [6.07, 6.45) is 3.55. The average Bonchev–Trinajstić information content (AvgIpc) is 2.90. The van der Waals surface area contributed by atoms with E-state index in [1.807, 2.05) is 25.3 Å². The summed E-state index contributed by atoms with van der Waals surface area (Å²) >= 11 is 0. The fourth-order valence-electron chi connectivity index (χ4n) is 2.52. The highest BCUT2D eigenvalue weighted by atomic mass is 19.3. The molecule has 3 rings (SSSR count). The van der Waals surface area contributed by atoms with E-state index >= 15 is 0 Å². The van der Waals surface area contributed by atoms with Gasteiger partial charge in [0, 0.05) is 23.0 Å². The van der Waals surface area contributed by atoms with Gasteiger partial charge in [-0.2, -0.15) is 19.0 Å². The highest BCUT2D eigenvalue weighted by molar-refractivity contribution is 5.82. The Balaban J connectivity index is 2.28. The molecule has 0 radical (unpaired) electrons. The second-order valence-corrected chi connectivity index (χ2v) is 4.86. The Morgan fingerprint density at radius 2 is 1.95 bits per heavy atom. The van der Waals surface area contributed by atoms with Gasteiger partial charge in [-0.3, -0.25) is 0 Å². The minimum Gasteiger partial charge on any atom is -0.240 e. The Kier molecular flexibility index (Phi) is 2.81. The summed E-state index contributed by atoms with van der Waals surface area (Å²) in [6, 6.07) is 3.94. The molecule has 0 spiro atoms. The van der Waals surface area contributed by atoms with Gasteiger partial charge in [0.2, 0.25) is 0 Å². The summed E-state index contributed by atoms with van der Waals surface area (Å²) in [6.45, 7) is 2.74. The smallest absolute Gasteiger partial charge is 0.240 e. The molecule has 0 bridgehead atoms. The quantitative estimate of drug-likeness (QED) is 0.718. The van der Waals surface area contributed by atoms with Crippen molar-refractivity contribution in [2.45, 2.75) is 27.3 Å². The number of pyridine rings is 1. The van der Waals surface area contributed by atoms with Gasteiger partial charge in [-0.15, -0.1) is 0 Å². The van der Waals surface area contributed by atoms with E-state index in [0.717, 1.165) is 26.9 Å². The van der Waals surface area contributed by atoms with Crippen molar-refractivity contribution in [1.29, 1.82) is 0 Å². The van der Waals surface area contributed by atoms with Crippen LogP contribution in [-0.4, -0.2) is 19.4 Å². The SMILES string of the molecule is Cc1ccn2ncc(-c3c(C)nn(C(F)F)c3C)c2c1. The Morgan fingerprint density at radius 1 is 1.20 bits per heavy atom. The lowest BCUT2D eigenvalue weighted by atomic mass is 10.1. The summed E-state index contributed by atoms with van der Waals surface area (Å²) in [4.78, 5) is 0. The molecule has 0 unspecified atom stereocenters. The van der Waals surface area contributed by atoms with Crippen LogP contribution in [0, 0.1) is 20.8 Å². The predicted octanol–water partition coefficient (Wildman–Crippen LogP) is 3.52. The highest BCUT2D eigenvalue weighted by Crippen LogP contribution is 2.32. The molecule has 0 aromatic carbocycles.